The van der Waals surface area contributed by atoms with Crippen LogP contribution in [0.3, 0.4) is 0 Å². The molecule has 1 saturated heterocycles. The Bertz CT molecular complexity index is 567. The van der Waals surface area contributed by atoms with Gasteiger partial charge in [-0.15, -0.1) is 24.2 Å². The third kappa shape index (κ3) is 4.42. The number of nitrogens with one attached hydrogen (secondary N) is 1. The van der Waals surface area contributed by atoms with E-state index in [9.17, 15) is 0 Å². The first-order valence-corrected chi connectivity index (χ1v) is 8.18. The van der Waals surface area contributed by atoms with Crippen LogP contribution < -0.4 is 5.32 Å². The maximum atomic E-state index is 5.36. The van der Waals surface area contributed by atoms with E-state index in [1.807, 2.05) is 24.5 Å². The zero-order valence-electron chi connectivity index (χ0n) is 12.4. The van der Waals surface area contributed by atoms with Crippen molar-refractivity contribution in [2.45, 2.75) is 17.5 Å². The number of thioether (sulfide) groups is 1. The highest BCUT2D eigenvalue weighted by Crippen LogP contribution is 2.20. The van der Waals surface area contributed by atoms with Gasteiger partial charge in [0.1, 0.15) is 0 Å². The number of nitrogens with zero attached hydrogens (tertiary/aromatic N) is 4. The summed E-state index contributed by atoms with van der Waals surface area (Å²) in [6.07, 6.45) is 3.62. The van der Waals surface area contributed by atoms with Gasteiger partial charge in [0, 0.05) is 37.8 Å². The molecule has 22 heavy (non-hydrogen) atoms. The average Bonchev–Trinajstić information content (AvgIpc) is 2.97. The molecule has 2 aromatic rings. The number of pyridine rings is 1. The summed E-state index contributed by atoms with van der Waals surface area (Å²) in [4.78, 5) is 10.8. The van der Waals surface area contributed by atoms with Crippen LogP contribution in [0.5, 0.6) is 0 Å². The minimum atomic E-state index is 0. The lowest BCUT2D eigenvalue weighted by Gasteiger charge is -2.30. The van der Waals surface area contributed by atoms with E-state index in [0.29, 0.717) is 5.89 Å². The van der Waals surface area contributed by atoms with Gasteiger partial charge in [-0.2, -0.15) is 4.98 Å². The normalized spacial score (nSPS) is 18.9. The van der Waals surface area contributed by atoms with E-state index in [2.05, 4.69) is 32.4 Å². The molecule has 0 aliphatic carbocycles. The highest BCUT2D eigenvalue weighted by atomic mass is 35.5. The summed E-state index contributed by atoms with van der Waals surface area (Å²) in [7, 11) is 2.10. The molecule has 6 nitrogen and oxygen atoms in total. The Morgan fingerprint density at radius 3 is 2.95 bits per heavy atom. The van der Waals surface area contributed by atoms with Crippen molar-refractivity contribution in [1.82, 2.24) is 25.3 Å². The molecule has 2 aromatic heterocycles. The predicted molar refractivity (Wildman–Crippen MR) is 89.0 cm³/mol. The second-order valence-electron chi connectivity index (χ2n) is 5.10. The smallest absolute Gasteiger partial charge is 0.236 e. The van der Waals surface area contributed by atoms with Crippen molar-refractivity contribution in [3.05, 3.63) is 41.8 Å². The molecule has 0 amide bonds. The molecular weight excluding hydrogens is 322 g/mol. The molecule has 1 unspecified atom stereocenters. The van der Waals surface area contributed by atoms with Crippen molar-refractivity contribution in [3.63, 3.8) is 0 Å². The summed E-state index contributed by atoms with van der Waals surface area (Å²) in [5, 5.41) is 7.49. The van der Waals surface area contributed by atoms with E-state index in [1.165, 1.54) is 5.56 Å². The van der Waals surface area contributed by atoms with Gasteiger partial charge in [0.25, 0.3) is 0 Å². The molecule has 3 heterocycles. The van der Waals surface area contributed by atoms with Crippen LogP contribution in [0.1, 0.15) is 23.3 Å². The van der Waals surface area contributed by atoms with Crippen molar-refractivity contribution in [1.29, 1.82) is 0 Å². The van der Waals surface area contributed by atoms with Crippen LogP contribution >= 0.6 is 24.2 Å². The third-order valence-corrected chi connectivity index (χ3v) is 4.53. The van der Waals surface area contributed by atoms with E-state index in [4.69, 9.17) is 4.52 Å². The van der Waals surface area contributed by atoms with Crippen molar-refractivity contribution in [3.8, 4) is 0 Å². The first-order chi connectivity index (χ1) is 10.3. The van der Waals surface area contributed by atoms with E-state index < -0.39 is 0 Å². The fourth-order valence-corrected chi connectivity index (χ4v) is 3.11. The van der Waals surface area contributed by atoms with Crippen LogP contribution in [0.2, 0.25) is 0 Å². The maximum absolute atomic E-state index is 5.36. The van der Waals surface area contributed by atoms with Gasteiger partial charge in [-0.1, -0.05) is 5.16 Å². The van der Waals surface area contributed by atoms with Crippen LogP contribution in [0, 0.1) is 0 Å². The maximum Gasteiger partial charge on any atom is 0.236 e. The Morgan fingerprint density at radius 1 is 1.36 bits per heavy atom. The Morgan fingerprint density at radius 2 is 2.18 bits per heavy atom. The van der Waals surface area contributed by atoms with E-state index >= 15 is 0 Å². The van der Waals surface area contributed by atoms with Gasteiger partial charge in [-0.05, 0) is 24.7 Å². The lowest BCUT2D eigenvalue weighted by Crippen LogP contribution is -2.44. The quantitative estimate of drug-likeness (QED) is 0.890. The number of hydrogen-bond acceptors (Lipinski definition) is 7. The van der Waals surface area contributed by atoms with Crippen LogP contribution in [0.25, 0.3) is 0 Å². The number of halogens is 1. The number of aromatic nitrogens is 3. The SMILES string of the molecule is CN1CCNCC1c1noc(CSCc2ccncc2)n1.Cl. The molecule has 8 heteroatoms. The molecule has 1 aliphatic heterocycles. The monoisotopic (exact) mass is 341 g/mol. The molecule has 0 saturated carbocycles. The van der Waals surface area contributed by atoms with Crippen molar-refractivity contribution in [2.75, 3.05) is 26.7 Å². The first kappa shape index (κ1) is 17.2. The number of hydrogen-bond donors (Lipinski definition) is 1. The Balaban J connectivity index is 0.00000176. The molecule has 120 valence electrons. The van der Waals surface area contributed by atoms with Gasteiger partial charge < -0.3 is 9.84 Å². The number of likely N-dealkylation sites (N-methyl/N-ethyl adjacent to an activating group) is 1. The van der Waals surface area contributed by atoms with E-state index in [0.717, 1.165) is 37.0 Å². The second kappa shape index (κ2) is 8.47. The van der Waals surface area contributed by atoms with E-state index in [-0.39, 0.29) is 18.4 Å². The molecule has 1 N–H and O–H groups in total. The molecular formula is C14H20ClN5OS. The minimum absolute atomic E-state index is 0. The summed E-state index contributed by atoms with van der Waals surface area (Å²) in [6, 6.07) is 4.26. The highest BCUT2D eigenvalue weighted by Gasteiger charge is 2.25. The lowest BCUT2D eigenvalue weighted by molar-refractivity contribution is 0.190. The number of rotatable bonds is 5. The van der Waals surface area contributed by atoms with Crippen LogP contribution in [-0.2, 0) is 11.5 Å². The first-order valence-electron chi connectivity index (χ1n) is 7.03. The molecule has 0 bridgehead atoms. The average molecular weight is 342 g/mol. The van der Waals surface area contributed by atoms with Crippen molar-refractivity contribution < 1.29 is 4.52 Å². The number of piperazine rings is 1. The van der Waals surface area contributed by atoms with Crippen LogP contribution in [0.4, 0.5) is 0 Å². The summed E-state index contributed by atoms with van der Waals surface area (Å²) >= 11 is 1.77. The fourth-order valence-electron chi connectivity index (χ4n) is 2.29. The summed E-state index contributed by atoms with van der Waals surface area (Å²) < 4.78 is 5.36. The zero-order valence-corrected chi connectivity index (χ0v) is 14.1. The molecule has 0 radical (unpaired) electrons. The van der Waals surface area contributed by atoms with Crippen molar-refractivity contribution in [2.24, 2.45) is 0 Å². The van der Waals surface area contributed by atoms with E-state index in [1.54, 1.807) is 11.8 Å². The molecule has 0 aromatic carbocycles. The van der Waals surface area contributed by atoms with Gasteiger partial charge in [0.15, 0.2) is 5.82 Å². The topological polar surface area (TPSA) is 67.1 Å². The highest BCUT2D eigenvalue weighted by molar-refractivity contribution is 7.97. The summed E-state index contributed by atoms with van der Waals surface area (Å²) in [6.45, 7) is 2.89. The van der Waals surface area contributed by atoms with Crippen LogP contribution in [0.15, 0.2) is 29.0 Å². The predicted octanol–water partition coefficient (Wildman–Crippen LogP) is 1.90. The molecule has 0 spiro atoms. The molecule has 3 rings (SSSR count). The summed E-state index contributed by atoms with van der Waals surface area (Å²) in [5.41, 5.74) is 1.26. The minimum Gasteiger partial charge on any atom is -0.338 e. The molecule has 1 aliphatic rings. The Kier molecular flexibility index (Phi) is 6.63. The van der Waals surface area contributed by atoms with Gasteiger partial charge in [-0.25, -0.2) is 0 Å². The van der Waals surface area contributed by atoms with Gasteiger partial charge in [0.05, 0.1) is 11.8 Å². The second-order valence-corrected chi connectivity index (χ2v) is 6.08. The third-order valence-electron chi connectivity index (χ3n) is 3.54. The zero-order chi connectivity index (χ0) is 14.5. The standard InChI is InChI=1S/C14H19N5OS.ClH/c1-19-7-6-16-8-12(19)14-17-13(20-18-14)10-21-9-11-2-4-15-5-3-11;/h2-5,12,16H,6-10H2,1H3;1H. The van der Waals surface area contributed by atoms with Gasteiger partial charge in [-0.3, -0.25) is 9.88 Å². The van der Waals surface area contributed by atoms with Crippen LogP contribution in [-0.4, -0.2) is 46.7 Å². The van der Waals surface area contributed by atoms with Gasteiger partial charge >= 0.3 is 0 Å². The molecule has 1 fully saturated rings. The van der Waals surface area contributed by atoms with Gasteiger partial charge in [0.2, 0.25) is 5.89 Å². The fraction of sp³-hybridized carbons (Fsp3) is 0.500. The Labute approximate surface area is 140 Å². The van der Waals surface area contributed by atoms with Crippen molar-refractivity contribution >= 4 is 24.2 Å². The lowest BCUT2D eigenvalue weighted by atomic mass is 10.2. The Hall–Kier alpha value is -1.15. The summed E-state index contributed by atoms with van der Waals surface area (Å²) in [5.74, 6) is 3.14. The molecule has 1 atom stereocenters. The largest absolute Gasteiger partial charge is 0.338 e.